The number of sulfone groups is 1. The summed E-state index contributed by atoms with van der Waals surface area (Å²) in [6.07, 6.45) is 5.54. The molecule has 0 aromatic heterocycles. The summed E-state index contributed by atoms with van der Waals surface area (Å²) in [6.45, 7) is 0.514. The molecule has 1 aliphatic carbocycles. The summed E-state index contributed by atoms with van der Waals surface area (Å²) in [5, 5.41) is 3.62. The second kappa shape index (κ2) is 7.85. The minimum absolute atomic E-state index is 0.0795. The summed E-state index contributed by atoms with van der Waals surface area (Å²) in [4.78, 5) is 12.2. The van der Waals surface area contributed by atoms with E-state index in [1.807, 2.05) is 24.3 Å². The number of rotatable bonds is 7. The first-order valence-electron chi connectivity index (χ1n) is 8.19. The van der Waals surface area contributed by atoms with Crippen molar-refractivity contribution in [1.29, 1.82) is 0 Å². The average Bonchev–Trinajstić information content (AvgIpc) is 3.00. The zero-order valence-corrected chi connectivity index (χ0v) is 15.5. The number of hydrogen-bond acceptors (Lipinski definition) is 4. The third kappa shape index (κ3) is 5.19. The lowest BCUT2D eigenvalue weighted by Gasteiger charge is -2.30. The Hall–Kier alpha value is -1.11. The van der Waals surface area contributed by atoms with Crippen LogP contribution in [0.3, 0.4) is 0 Å². The third-order valence-electron chi connectivity index (χ3n) is 4.75. The Morgan fingerprint density at radius 1 is 1.29 bits per heavy atom. The summed E-state index contributed by atoms with van der Waals surface area (Å²) in [5.41, 5.74) is 6.91. The second-order valence-corrected chi connectivity index (χ2v) is 9.43. The highest BCUT2D eigenvalue weighted by molar-refractivity contribution is 7.90. The van der Waals surface area contributed by atoms with Crippen molar-refractivity contribution < 1.29 is 13.2 Å². The van der Waals surface area contributed by atoms with E-state index in [0.29, 0.717) is 11.6 Å². The molecule has 134 valence electrons. The molecule has 0 saturated heterocycles. The lowest BCUT2D eigenvalue weighted by Crippen LogP contribution is -2.46. The maximum atomic E-state index is 12.2. The average molecular weight is 373 g/mol. The Morgan fingerprint density at radius 2 is 1.88 bits per heavy atom. The van der Waals surface area contributed by atoms with Crippen molar-refractivity contribution in [3.8, 4) is 0 Å². The van der Waals surface area contributed by atoms with Crippen LogP contribution in [0.1, 0.15) is 37.7 Å². The van der Waals surface area contributed by atoms with E-state index in [1.165, 1.54) is 5.56 Å². The van der Waals surface area contributed by atoms with Crippen LogP contribution in [-0.4, -0.2) is 38.9 Å². The molecular weight excluding hydrogens is 348 g/mol. The molecular formula is C17H25ClN2O3S. The first-order chi connectivity index (χ1) is 11.2. The highest BCUT2D eigenvalue weighted by Crippen LogP contribution is 2.40. The molecule has 2 rings (SSSR count). The van der Waals surface area contributed by atoms with Crippen LogP contribution in [0.5, 0.6) is 0 Å². The molecule has 1 saturated carbocycles. The van der Waals surface area contributed by atoms with E-state index in [1.54, 1.807) is 0 Å². The van der Waals surface area contributed by atoms with Gasteiger partial charge in [0.15, 0.2) is 0 Å². The topological polar surface area (TPSA) is 89.3 Å². The van der Waals surface area contributed by atoms with E-state index >= 15 is 0 Å². The molecule has 5 nitrogen and oxygen atoms in total. The smallest absolute Gasteiger partial charge is 0.236 e. The van der Waals surface area contributed by atoms with Gasteiger partial charge in [-0.05, 0) is 37.0 Å². The number of carbonyl (C=O) groups is 1. The zero-order chi connectivity index (χ0) is 17.8. The maximum Gasteiger partial charge on any atom is 0.236 e. The SMILES string of the molecule is CS(=O)(=O)CCC(N)C(=O)NCC1(c2ccc(Cl)cc2)CCCC1. The van der Waals surface area contributed by atoms with E-state index in [-0.39, 0.29) is 23.5 Å². The van der Waals surface area contributed by atoms with Gasteiger partial charge in [0.1, 0.15) is 9.84 Å². The molecule has 0 spiro atoms. The Balaban J connectivity index is 1.99. The van der Waals surface area contributed by atoms with Crippen molar-refractivity contribution in [1.82, 2.24) is 5.32 Å². The molecule has 24 heavy (non-hydrogen) atoms. The van der Waals surface area contributed by atoms with Crippen LogP contribution in [0.2, 0.25) is 5.02 Å². The molecule has 1 amide bonds. The molecule has 1 aromatic carbocycles. The third-order valence-corrected chi connectivity index (χ3v) is 5.98. The first-order valence-corrected chi connectivity index (χ1v) is 10.6. The number of halogens is 1. The van der Waals surface area contributed by atoms with E-state index in [4.69, 9.17) is 17.3 Å². The number of amides is 1. The van der Waals surface area contributed by atoms with Crippen molar-refractivity contribution in [2.75, 3.05) is 18.6 Å². The molecule has 1 fully saturated rings. The number of nitrogens with two attached hydrogens (primary N) is 1. The van der Waals surface area contributed by atoms with Gasteiger partial charge in [0, 0.05) is 23.2 Å². The van der Waals surface area contributed by atoms with Crippen molar-refractivity contribution in [2.24, 2.45) is 5.73 Å². The highest BCUT2D eigenvalue weighted by Gasteiger charge is 2.36. The molecule has 7 heteroatoms. The van der Waals surface area contributed by atoms with Gasteiger partial charge in [0.05, 0.1) is 11.8 Å². The number of nitrogens with one attached hydrogen (secondary N) is 1. The molecule has 0 radical (unpaired) electrons. The number of hydrogen-bond donors (Lipinski definition) is 2. The second-order valence-electron chi connectivity index (χ2n) is 6.74. The van der Waals surface area contributed by atoms with Gasteiger partial charge in [0.25, 0.3) is 0 Å². The number of benzene rings is 1. The van der Waals surface area contributed by atoms with Gasteiger partial charge < -0.3 is 11.1 Å². The minimum atomic E-state index is -3.11. The van der Waals surface area contributed by atoms with Gasteiger partial charge in [-0.1, -0.05) is 36.6 Å². The van der Waals surface area contributed by atoms with E-state index in [2.05, 4.69) is 5.32 Å². The Kier molecular flexibility index (Phi) is 6.28. The molecule has 0 heterocycles. The van der Waals surface area contributed by atoms with Crippen LogP contribution in [0.4, 0.5) is 0 Å². The summed E-state index contributed by atoms with van der Waals surface area (Å²) < 4.78 is 22.4. The van der Waals surface area contributed by atoms with Crippen LogP contribution < -0.4 is 11.1 Å². The Bertz CT molecular complexity index is 668. The first kappa shape index (κ1) is 19.2. The predicted octanol–water partition coefficient (Wildman–Crippen LogP) is 2.03. The fourth-order valence-corrected chi connectivity index (χ4v) is 4.09. The van der Waals surface area contributed by atoms with Crippen molar-refractivity contribution in [2.45, 2.75) is 43.6 Å². The molecule has 1 aliphatic rings. The van der Waals surface area contributed by atoms with Gasteiger partial charge in [-0.25, -0.2) is 8.42 Å². The Morgan fingerprint density at radius 3 is 2.42 bits per heavy atom. The fourth-order valence-electron chi connectivity index (χ4n) is 3.28. The van der Waals surface area contributed by atoms with Crippen molar-refractivity contribution >= 4 is 27.3 Å². The van der Waals surface area contributed by atoms with Gasteiger partial charge in [-0.15, -0.1) is 0 Å². The largest absolute Gasteiger partial charge is 0.354 e. The predicted molar refractivity (Wildman–Crippen MR) is 96.9 cm³/mol. The van der Waals surface area contributed by atoms with Crippen LogP contribution in [0.25, 0.3) is 0 Å². The van der Waals surface area contributed by atoms with Gasteiger partial charge in [-0.3, -0.25) is 4.79 Å². The molecule has 0 bridgehead atoms. The van der Waals surface area contributed by atoms with Gasteiger partial charge >= 0.3 is 0 Å². The quantitative estimate of drug-likeness (QED) is 0.766. The molecule has 0 aliphatic heterocycles. The summed E-state index contributed by atoms with van der Waals surface area (Å²) in [5.74, 6) is -0.372. The molecule has 3 N–H and O–H groups in total. The van der Waals surface area contributed by atoms with E-state index < -0.39 is 15.9 Å². The number of carbonyl (C=O) groups excluding carboxylic acids is 1. The zero-order valence-electron chi connectivity index (χ0n) is 13.9. The monoisotopic (exact) mass is 372 g/mol. The van der Waals surface area contributed by atoms with Crippen LogP contribution in [0, 0.1) is 0 Å². The lowest BCUT2D eigenvalue weighted by molar-refractivity contribution is -0.122. The lowest BCUT2D eigenvalue weighted by atomic mass is 9.79. The van der Waals surface area contributed by atoms with Gasteiger partial charge in [0.2, 0.25) is 5.91 Å². The molecule has 1 atom stereocenters. The van der Waals surface area contributed by atoms with E-state index in [9.17, 15) is 13.2 Å². The van der Waals surface area contributed by atoms with Crippen LogP contribution in [0.15, 0.2) is 24.3 Å². The summed E-state index contributed by atoms with van der Waals surface area (Å²) in [6, 6.07) is 6.98. The molecule has 1 aromatic rings. The van der Waals surface area contributed by atoms with Crippen LogP contribution >= 0.6 is 11.6 Å². The van der Waals surface area contributed by atoms with Crippen molar-refractivity contribution in [3.63, 3.8) is 0 Å². The summed E-state index contributed by atoms with van der Waals surface area (Å²) in [7, 11) is -3.11. The maximum absolute atomic E-state index is 12.2. The highest BCUT2D eigenvalue weighted by atomic mass is 35.5. The molecule has 1 unspecified atom stereocenters. The fraction of sp³-hybridized carbons (Fsp3) is 0.588. The normalized spacial score (nSPS) is 18.3. The minimum Gasteiger partial charge on any atom is -0.354 e. The summed E-state index contributed by atoms with van der Waals surface area (Å²) >= 11 is 5.97. The van der Waals surface area contributed by atoms with Crippen molar-refractivity contribution in [3.05, 3.63) is 34.9 Å². The Labute approximate surface area is 148 Å². The van der Waals surface area contributed by atoms with Gasteiger partial charge in [-0.2, -0.15) is 0 Å². The standard InChI is InChI=1S/C17H25ClN2O3S/c1-24(22,23)11-8-15(19)16(21)20-12-17(9-2-3-10-17)13-4-6-14(18)7-5-13/h4-7,15H,2-3,8-12,19H2,1H3,(H,20,21). The van der Waals surface area contributed by atoms with Crippen LogP contribution in [-0.2, 0) is 20.0 Å². The van der Waals surface area contributed by atoms with E-state index in [0.717, 1.165) is 31.9 Å².